The zero-order valence-corrected chi connectivity index (χ0v) is 9.74. The van der Waals surface area contributed by atoms with Crippen LogP contribution < -0.4 is 5.73 Å². The van der Waals surface area contributed by atoms with Gasteiger partial charge in [0.25, 0.3) is 0 Å². The molecule has 0 amide bonds. The second-order valence-electron chi connectivity index (χ2n) is 3.46. The van der Waals surface area contributed by atoms with E-state index in [0.717, 1.165) is 24.1 Å². The summed E-state index contributed by atoms with van der Waals surface area (Å²) < 4.78 is 36.8. The second kappa shape index (κ2) is 6.11. The standard InChI is InChI=1S/C11H14F3N.ClH/c1-2-8(7-15)9-3-5-10(6-4-9)11(12,13)14;/h3-6,8H,2,7,15H2,1H3;1H. The van der Waals surface area contributed by atoms with Crippen molar-refractivity contribution in [2.45, 2.75) is 25.4 Å². The first-order valence-electron chi connectivity index (χ1n) is 4.86. The van der Waals surface area contributed by atoms with Crippen LogP contribution in [0.4, 0.5) is 13.2 Å². The Bertz CT molecular complexity index is 304. The molecule has 1 rings (SSSR count). The summed E-state index contributed by atoms with van der Waals surface area (Å²) in [5, 5.41) is 0. The van der Waals surface area contributed by atoms with Crippen LogP contribution in [0.2, 0.25) is 0 Å². The van der Waals surface area contributed by atoms with E-state index >= 15 is 0 Å². The number of nitrogens with two attached hydrogens (primary N) is 1. The number of alkyl halides is 3. The van der Waals surface area contributed by atoms with Gasteiger partial charge in [0.15, 0.2) is 0 Å². The van der Waals surface area contributed by atoms with E-state index in [-0.39, 0.29) is 18.3 Å². The summed E-state index contributed by atoms with van der Waals surface area (Å²) in [5.74, 6) is 0.146. The van der Waals surface area contributed by atoms with Crippen molar-refractivity contribution < 1.29 is 13.2 Å². The van der Waals surface area contributed by atoms with Gasteiger partial charge in [-0.25, -0.2) is 0 Å². The molecule has 1 aromatic rings. The molecular weight excluding hydrogens is 239 g/mol. The van der Waals surface area contributed by atoms with Crippen molar-refractivity contribution in [3.63, 3.8) is 0 Å². The Hall–Kier alpha value is -0.740. The lowest BCUT2D eigenvalue weighted by atomic mass is 9.96. The molecule has 0 aliphatic carbocycles. The average Bonchev–Trinajstić information content (AvgIpc) is 2.19. The van der Waals surface area contributed by atoms with Gasteiger partial charge in [-0.15, -0.1) is 12.4 Å². The van der Waals surface area contributed by atoms with Crippen LogP contribution in [0.1, 0.15) is 30.4 Å². The highest BCUT2D eigenvalue weighted by Crippen LogP contribution is 2.30. The fraction of sp³-hybridized carbons (Fsp3) is 0.455. The Morgan fingerprint density at radius 3 is 2.00 bits per heavy atom. The zero-order chi connectivity index (χ0) is 11.5. The molecule has 1 nitrogen and oxygen atoms in total. The quantitative estimate of drug-likeness (QED) is 0.876. The van der Waals surface area contributed by atoms with Crippen molar-refractivity contribution in [1.82, 2.24) is 0 Å². The van der Waals surface area contributed by atoms with E-state index in [1.165, 1.54) is 12.1 Å². The fourth-order valence-electron chi connectivity index (χ4n) is 1.48. The predicted molar refractivity (Wildman–Crippen MR) is 60.8 cm³/mol. The molecule has 0 aromatic heterocycles. The first-order chi connectivity index (χ1) is 6.99. The molecule has 0 fully saturated rings. The predicted octanol–water partition coefficient (Wildman–Crippen LogP) is 3.58. The van der Waals surface area contributed by atoms with Gasteiger partial charge in [-0.3, -0.25) is 0 Å². The molecule has 92 valence electrons. The van der Waals surface area contributed by atoms with Crippen LogP contribution in [-0.4, -0.2) is 6.54 Å². The molecule has 0 spiro atoms. The molecular formula is C11H15ClF3N. The van der Waals surface area contributed by atoms with Crippen LogP contribution in [-0.2, 0) is 6.18 Å². The third-order valence-corrected chi connectivity index (χ3v) is 2.49. The second-order valence-corrected chi connectivity index (χ2v) is 3.46. The van der Waals surface area contributed by atoms with Gasteiger partial charge in [-0.05, 0) is 36.6 Å². The maximum atomic E-state index is 12.3. The monoisotopic (exact) mass is 253 g/mol. The van der Waals surface area contributed by atoms with Crippen LogP contribution in [0.15, 0.2) is 24.3 Å². The van der Waals surface area contributed by atoms with E-state index in [1.54, 1.807) is 0 Å². The average molecular weight is 254 g/mol. The third kappa shape index (κ3) is 3.68. The largest absolute Gasteiger partial charge is 0.416 e. The number of rotatable bonds is 3. The van der Waals surface area contributed by atoms with E-state index < -0.39 is 11.7 Å². The van der Waals surface area contributed by atoms with Gasteiger partial charge >= 0.3 is 6.18 Å². The maximum Gasteiger partial charge on any atom is 0.416 e. The highest BCUT2D eigenvalue weighted by molar-refractivity contribution is 5.85. The summed E-state index contributed by atoms with van der Waals surface area (Å²) in [7, 11) is 0. The molecule has 1 atom stereocenters. The van der Waals surface area contributed by atoms with Crippen LogP contribution in [0.25, 0.3) is 0 Å². The van der Waals surface area contributed by atoms with Crippen LogP contribution in [0, 0.1) is 0 Å². The van der Waals surface area contributed by atoms with Crippen molar-refractivity contribution in [1.29, 1.82) is 0 Å². The van der Waals surface area contributed by atoms with E-state index in [4.69, 9.17) is 5.73 Å². The van der Waals surface area contributed by atoms with Gasteiger partial charge in [-0.2, -0.15) is 13.2 Å². The van der Waals surface area contributed by atoms with Gasteiger partial charge < -0.3 is 5.73 Å². The van der Waals surface area contributed by atoms with Crippen LogP contribution >= 0.6 is 12.4 Å². The molecule has 1 unspecified atom stereocenters. The first-order valence-corrected chi connectivity index (χ1v) is 4.86. The highest BCUT2D eigenvalue weighted by Gasteiger charge is 2.30. The van der Waals surface area contributed by atoms with Crippen LogP contribution in [0.3, 0.4) is 0 Å². The Morgan fingerprint density at radius 2 is 1.69 bits per heavy atom. The highest BCUT2D eigenvalue weighted by atomic mass is 35.5. The molecule has 2 N–H and O–H groups in total. The lowest BCUT2D eigenvalue weighted by Crippen LogP contribution is -2.12. The Morgan fingerprint density at radius 1 is 1.19 bits per heavy atom. The van der Waals surface area contributed by atoms with E-state index in [2.05, 4.69) is 0 Å². The molecule has 0 aliphatic rings. The lowest BCUT2D eigenvalue weighted by molar-refractivity contribution is -0.137. The third-order valence-electron chi connectivity index (χ3n) is 2.49. The first kappa shape index (κ1) is 15.3. The van der Waals surface area contributed by atoms with Crippen molar-refractivity contribution >= 4 is 12.4 Å². The molecule has 0 aliphatic heterocycles. The van der Waals surface area contributed by atoms with Gasteiger partial charge in [0.2, 0.25) is 0 Å². The Kier molecular flexibility index (Phi) is 5.83. The van der Waals surface area contributed by atoms with Gasteiger partial charge in [0.1, 0.15) is 0 Å². The van der Waals surface area contributed by atoms with Gasteiger partial charge in [0.05, 0.1) is 5.56 Å². The van der Waals surface area contributed by atoms with Crippen LogP contribution in [0.5, 0.6) is 0 Å². The van der Waals surface area contributed by atoms with E-state index in [0.29, 0.717) is 6.54 Å². The number of hydrogen-bond acceptors (Lipinski definition) is 1. The molecule has 16 heavy (non-hydrogen) atoms. The minimum absolute atomic E-state index is 0. The molecule has 0 radical (unpaired) electrons. The maximum absolute atomic E-state index is 12.3. The summed E-state index contributed by atoms with van der Waals surface area (Å²) >= 11 is 0. The number of benzene rings is 1. The van der Waals surface area contributed by atoms with Crippen molar-refractivity contribution in [3.8, 4) is 0 Å². The normalized spacial score (nSPS) is 13.1. The summed E-state index contributed by atoms with van der Waals surface area (Å²) in [6.07, 6.45) is -3.43. The molecule has 0 bridgehead atoms. The minimum Gasteiger partial charge on any atom is -0.330 e. The molecule has 5 heteroatoms. The lowest BCUT2D eigenvalue weighted by Gasteiger charge is -2.13. The molecule has 0 saturated carbocycles. The van der Waals surface area contributed by atoms with Crippen molar-refractivity contribution in [3.05, 3.63) is 35.4 Å². The molecule has 0 heterocycles. The summed E-state index contributed by atoms with van der Waals surface area (Å²) in [5.41, 5.74) is 5.77. The van der Waals surface area contributed by atoms with E-state index in [9.17, 15) is 13.2 Å². The fourth-order valence-corrected chi connectivity index (χ4v) is 1.48. The minimum atomic E-state index is -4.26. The van der Waals surface area contributed by atoms with Crippen molar-refractivity contribution in [2.24, 2.45) is 5.73 Å². The molecule has 1 aromatic carbocycles. The topological polar surface area (TPSA) is 26.0 Å². The number of hydrogen-bond donors (Lipinski definition) is 1. The zero-order valence-electron chi connectivity index (χ0n) is 8.92. The Balaban J connectivity index is 0.00000225. The Labute approximate surface area is 99.2 Å². The summed E-state index contributed by atoms with van der Waals surface area (Å²) in [6, 6.07) is 5.22. The van der Waals surface area contributed by atoms with E-state index in [1.807, 2.05) is 6.92 Å². The number of halogens is 4. The smallest absolute Gasteiger partial charge is 0.330 e. The van der Waals surface area contributed by atoms with Gasteiger partial charge in [-0.1, -0.05) is 19.1 Å². The molecule has 0 saturated heterocycles. The SMILES string of the molecule is CCC(CN)c1ccc(C(F)(F)F)cc1.Cl. The summed E-state index contributed by atoms with van der Waals surface area (Å²) in [4.78, 5) is 0. The summed E-state index contributed by atoms with van der Waals surface area (Å²) in [6.45, 7) is 2.43. The van der Waals surface area contributed by atoms with Crippen molar-refractivity contribution in [2.75, 3.05) is 6.54 Å². The van der Waals surface area contributed by atoms with Gasteiger partial charge in [0, 0.05) is 0 Å².